The number of hydrogen-bond donors (Lipinski definition) is 2. The van der Waals surface area contributed by atoms with Gasteiger partial charge in [0.05, 0.1) is 11.7 Å². The van der Waals surface area contributed by atoms with E-state index in [1.165, 1.54) is 5.56 Å². The highest BCUT2D eigenvalue weighted by molar-refractivity contribution is 5.83. The molecular weight excluding hydrogens is 314 g/mol. The molecule has 0 unspecified atom stereocenters. The fourth-order valence-corrected chi connectivity index (χ4v) is 3.72. The van der Waals surface area contributed by atoms with Crippen LogP contribution in [0.15, 0.2) is 36.4 Å². The first kappa shape index (κ1) is 16.1. The minimum absolute atomic E-state index is 0.0514. The molecule has 25 heavy (non-hydrogen) atoms. The van der Waals surface area contributed by atoms with E-state index >= 15 is 0 Å². The van der Waals surface area contributed by atoms with Crippen LogP contribution in [0.2, 0.25) is 0 Å². The Morgan fingerprint density at radius 2 is 2.16 bits per heavy atom. The van der Waals surface area contributed by atoms with Crippen molar-refractivity contribution in [1.29, 1.82) is 0 Å². The molecule has 132 valence electrons. The topological polar surface area (TPSA) is 62.2 Å². The van der Waals surface area contributed by atoms with Crippen molar-refractivity contribution in [2.45, 2.75) is 32.5 Å². The van der Waals surface area contributed by atoms with Crippen LogP contribution >= 0.6 is 0 Å². The molecule has 2 atom stereocenters. The second kappa shape index (κ2) is 6.88. The van der Waals surface area contributed by atoms with Gasteiger partial charge in [0.2, 0.25) is 5.91 Å². The van der Waals surface area contributed by atoms with Crippen LogP contribution < -0.4 is 10.6 Å². The van der Waals surface area contributed by atoms with E-state index in [4.69, 9.17) is 0 Å². The van der Waals surface area contributed by atoms with E-state index in [0.29, 0.717) is 12.5 Å². The summed E-state index contributed by atoms with van der Waals surface area (Å²) in [7, 11) is 0. The Labute approximate surface area is 148 Å². The number of benzene rings is 1. The summed E-state index contributed by atoms with van der Waals surface area (Å²) in [6.07, 6.45) is 0.887. The van der Waals surface area contributed by atoms with Crippen molar-refractivity contribution in [2.75, 3.05) is 25.0 Å². The molecule has 1 fully saturated rings. The summed E-state index contributed by atoms with van der Waals surface area (Å²) in [6, 6.07) is 12.2. The van der Waals surface area contributed by atoms with E-state index in [0.717, 1.165) is 44.1 Å². The SMILES string of the molecule is Cc1cc2n(n1)C[C@@H](CN[C@@H]1CCN(Cc3ccccc3)C1=O)CN2. The predicted octanol–water partition coefficient (Wildman–Crippen LogP) is 1.62. The van der Waals surface area contributed by atoms with Crippen LogP contribution in [0, 0.1) is 12.8 Å². The molecule has 6 nitrogen and oxygen atoms in total. The van der Waals surface area contributed by atoms with Crippen LogP contribution in [0.3, 0.4) is 0 Å². The summed E-state index contributed by atoms with van der Waals surface area (Å²) in [5.74, 6) is 1.77. The van der Waals surface area contributed by atoms with Crippen LogP contribution in [0.1, 0.15) is 17.7 Å². The number of aryl methyl sites for hydroxylation is 1. The van der Waals surface area contributed by atoms with Gasteiger partial charge >= 0.3 is 0 Å². The summed E-state index contributed by atoms with van der Waals surface area (Å²) in [6.45, 7) is 6.21. The van der Waals surface area contributed by atoms with Gasteiger partial charge in [-0.25, -0.2) is 4.68 Å². The van der Waals surface area contributed by atoms with Gasteiger partial charge in [-0.05, 0) is 18.9 Å². The van der Waals surface area contributed by atoms with Gasteiger partial charge in [0.25, 0.3) is 0 Å². The predicted molar refractivity (Wildman–Crippen MR) is 97.2 cm³/mol. The van der Waals surface area contributed by atoms with Crippen LogP contribution in [0.25, 0.3) is 0 Å². The zero-order chi connectivity index (χ0) is 17.2. The number of likely N-dealkylation sites (tertiary alicyclic amines) is 1. The number of rotatable bonds is 5. The highest BCUT2D eigenvalue weighted by Crippen LogP contribution is 2.19. The number of aromatic nitrogens is 2. The van der Waals surface area contributed by atoms with Crippen LogP contribution in [0.4, 0.5) is 5.82 Å². The van der Waals surface area contributed by atoms with Gasteiger partial charge in [0.15, 0.2) is 0 Å². The van der Waals surface area contributed by atoms with Gasteiger partial charge < -0.3 is 15.5 Å². The van der Waals surface area contributed by atoms with Crippen molar-refractivity contribution in [1.82, 2.24) is 20.0 Å². The summed E-state index contributed by atoms with van der Waals surface area (Å²) in [5, 5.41) is 11.4. The van der Waals surface area contributed by atoms with Crippen molar-refractivity contribution in [3.05, 3.63) is 47.7 Å². The minimum Gasteiger partial charge on any atom is -0.370 e. The van der Waals surface area contributed by atoms with Gasteiger partial charge in [-0.1, -0.05) is 30.3 Å². The summed E-state index contributed by atoms with van der Waals surface area (Å²) in [5.41, 5.74) is 2.23. The summed E-state index contributed by atoms with van der Waals surface area (Å²) in [4.78, 5) is 14.6. The molecule has 0 aliphatic carbocycles. The molecule has 2 aliphatic heterocycles. The van der Waals surface area contributed by atoms with E-state index in [1.807, 2.05) is 34.7 Å². The lowest BCUT2D eigenvalue weighted by atomic mass is 10.1. The number of hydrogen-bond acceptors (Lipinski definition) is 4. The molecule has 0 radical (unpaired) electrons. The minimum atomic E-state index is -0.0514. The van der Waals surface area contributed by atoms with E-state index in [-0.39, 0.29) is 11.9 Å². The van der Waals surface area contributed by atoms with E-state index < -0.39 is 0 Å². The van der Waals surface area contributed by atoms with Gasteiger partial charge in [-0.3, -0.25) is 4.79 Å². The zero-order valence-corrected chi connectivity index (χ0v) is 14.6. The molecule has 1 aromatic heterocycles. The number of anilines is 1. The van der Waals surface area contributed by atoms with Crippen molar-refractivity contribution in [2.24, 2.45) is 5.92 Å². The Bertz CT molecular complexity index is 742. The average molecular weight is 339 g/mol. The second-order valence-corrected chi connectivity index (χ2v) is 7.09. The highest BCUT2D eigenvalue weighted by Gasteiger charge is 2.32. The Balaban J connectivity index is 1.28. The van der Waals surface area contributed by atoms with E-state index in [2.05, 4.69) is 33.9 Å². The third-order valence-corrected chi connectivity index (χ3v) is 5.07. The lowest BCUT2D eigenvalue weighted by Crippen LogP contribution is -2.43. The summed E-state index contributed by atoms with van der Waals surface area (Å²) < 4.78 is 2.03. The van der Waals surface area contributed by atoms with Crippen molar-refractivity contribution in [3.63, 3.8) is 0 Å². The maximum absolute atomic E-state index is 12.6. The quantitative estimate of drug-likeness (QED) is 0.869. The van der Waals surface area contributed by atoms with Gasteiger partial charge in [-0.2, -0.15) is 5.10 Å². The molecule has 1 saturated heterocycles. The maximum Gasteiger partial charge on any atom is 0.240 e. The maximum atomic E-state index is 12.6. The van der Waals surface area contributed by atoms with Gasteiger partial charge in [-0.15, -0.1) is 0 Å². The second-order valence-electron chi connectivity index (χ2n) is 7.09. The molecule has 2 N–H and O–H groups in total. The fraction of sp³-hybridized carbons (Fsp3) is 0.474. The molecule has 1 amide bonds. The van der Waals surface area contributed by atoms with Gasteiger partial charge in [0, 0.05) is 44.7 Å². The van der Waals surface area contributed by atoms with Crippen LogP contribution in [0.5, 0.6) is 0 Å². The smallest absolute Gasteiger partial charge is 0.240 e. The summed E-state index contributed by atoms with van der Waals surface area (Å²) >= 11 is 0. The Kier molecular flexibility index (Phi) is 4.44. The van der Waals surface area contributed by atoms with E-state index in [9.17, 15) is 4.79 Å². The molecule has 4 rings (SSSR count). The number of fused-ring (bicyclic) bond motifs is 1. The van der Waals surface area contributed by atoms with Gasteiger partial charge in [0.1, 0.15) is 5.82 Å². The molecular formula is C19H25N5O. The van der Waals surface area contributed by atoms with Crippen LogP contribution in [-0.4, -0.2) is 46.3 Å². The van der Waals surface area contributed by atoms with Crippen molar-refractivity contribution < 1.29 is 4.79 Å². The molecule has 2 aromatic rings. The zero-order valence-electron chi connectivity index (χ0n) is 14.6. The van der Waals surface area contributed by atoms with Crippen molar-refractivity contribution in [3.8, 4) is 0 Å². The number of nitrogens with one attached hydrogen (secondary N) is 2. The molecule has 0 saturated carbocycles. The van der Waals surface area contributed by atoms with E-state index in [1.54, 1.807) is 0 Å². The first-order valence-electron chi connectivity index (χ1n) is 9.03. The molecule has 6 heteroatoms. The highest BCUT2D eigenvalue weighted by atomic mass is 16.2. The number of carbonyl (C=O) groups is 1. The molecule has 3 heterocycles. The first-order valence-corrected chi connectivity index (χ1v) is 9.03. The lowest BCUT2D eigenvalue weighted by Gasteiger charge is -2.26. The average Bonchev–Trinajstić information content (AvgIpc) is 3.16. The van der Waals surface area contributed by atoms with Crippen LogP contribution in [-0.2, 0) is 17.9 Å². The fourth-order valence-electron chi connectivity index (χ4n) is 3.72. The van der Waals surface area contributed by atoms with Crippen molar-refractivity contribution >= 4 is 11.7 Å². The third-order valence-electron chi connectivity index (χ3n) is 5.07. The largest absolute Gasteiger partial charge is 0.370 e. The molecule has 0 bridgehead atoms. The molecule has 0 spiro atoms. The normalized spacial score (nSPS) is 22.8. The first-order chi connectivity index (χ1) is 12.2. The Morgan fingerprint density at radius 1 is 1.32 bits per heavy atom. The molecule has 1 aromatic carbocycles. The molecule has 2 aliphatic rings. The standard InChI is InChI=1S/C19H25N5O/c1-14-9-18-21-11-16(13-24(18)22-14)10-20-17-7-8-23(19(17)25)12-15-5-3-2-4-6-15/h2-6,9,16-17,20-21H,7-8,10-13H2,1H3/t16-,17+/m0/s1. The number of amides is 1. The third kappa shape index (κ3) is 3.54. The lowest BCUT2D eigenvalue weighted by molar-refractivity contribution is -0.129. The Hall–Kier alpha value is -2.34. The number of carbonyl (C=O) groups excluding carboxylic acids is 1. The Morgan fingerprint density at radius 3 is 3.00 bits per heavy atom. The monoisotopic (exact) mass is 339 g/mol. The number of nitrogens with zero attached hydrogens (tertiary/aromatic N) is 3.